The predicted octanol–water partition coefficient (Wildman–Crippen LogP) is 3.14. The fourth-order valence-corrected chi connectivity index (χ4v) is 4.93. The van der Waals surface area contributed by atoms with Crippen molar-refractivity contribution in [3.05, 3.63) is 53.6 Å². The first-order valence-corrected chi connectivity index (χ1v) is 8.66. The minimum atomic E-state index is -3.66. The van der Waals surface area contributed by atoms with Crippen molar-refractivity contribution >= 4 is 15.7 Å². The summed E-state index contributed by atoms with van der Waals surface area (Å²) in [6, 6.07) is 12.8. The smallest absolute Gasteiger partial charge is 0.268 e. The quantitative estimate of drug-likeness (QED) is 0.873. The first-order chi connectivity index (χ1) is 10.4. The molecule has 0 unspecified atom stereocenters. The molecule has 22 heavy (non-hydrogen) atoms. The molecule has 116 valence electrons. The van der Waals surface area contributed by atoms with Crippen molar-refractivity contribution in [1.29, 1.82) is 0 Å². The minimum Gasteiger partial charge on any atom is -0.495 e. The third-order valence-corrected chi connectivity index (χ3v) is 5.95. The van der Waals surface area contributed by atoms with E-state index in [0.717, 1.165) is 23.2 Å². The van der Waals surface area contributed by atoms with Gasteiger partial charge in [0.05, 0.1) is 12.8 Å². The van der Waals surface area contributed by atoms with Crippen molar-refractivity contribution in [1.82, 2.24) is 0 Å². The highest BCUT2D eigenvalue weighted by Gasteiger charge is 2.37. The van der Waals surface area contributed by atoms with Gasteiger partial charge in [0.15, 0.2) is 0 Å². The van der Waals surface area contributed by atoms with Gasteiger partial charge in [0.25, 0.3) is 10.0 Å². The van der Waals surface area contributed by atoms with Crippen LogP contribution in [0.5, 0.6) is 5.75 Å². The van der Waals surface area contributed by atoms with Crippen LogP contribution in [0, 0.1) is 6.92 Å². The predicted molar refractivity (Wildman–Crippen MR) is 87.0 cm³/mol. The van der Waals surface area contributed by atoms with Crippen LogP contribution < -0.4 is 9.04 Å². The summed E-state index contributed by atoms with van der Waals surface area (Å²) in [5.41, 5.74) is 2.71. The van der Waals surface area contributed by atoms with Crippen LogP contribution >= 0.6 is 0 Å². The first kappa shape index (κ1) is 14.9. The molecule has 2 aromatic carbocycles. The topological polar surface area (TPSA) is 46.6 Å². The average Bonchev–Trinajstić information content (AvgIpc) is 2.83. The second kappa shape index (κ2) is 5.32. The van der Waals surface area contributed by atoms with E-state index in [1.54, 1.807) is 12.1 Å². The summed E-state index contributed by atoms with van der Waals surface area (Å²) < 4.78 is 33.1. The number of rotatable bonds is 3. The van der Waals surface area contributed by atoms with E-state index in [4.69, 9.17) is 4.74 Å². The maximum Gasteiger partial charge on any atom is 0.268 e. The molecule has 0 bridgehead atoms. The van der Waals surface area contributed by atoms with Gasteiger partial charge in [0.2, 0.25) is 0 Å². The lowest BCUT2D eigenvalue weighted by molar-refractivity contribution is 0.402. The zero-order chi connectivity index (χ0) is 15.9. The summed E-state index contributed by atoms with van der Waals surface area (Å²) in [7, 11) is -2.17. The number of ether oxygens (including phenoxy) is 1. The van der Waals surface area contributed by atoms with Crippen LogP contribution in [0.3, 0.4) is 0 Å². The van der Waals surface area contributed by atoms with Crippen molar-refractivity contribution < 1.29 is 13.2 Å². The Morgan fingerprint density at radius 2 is 1.91 bits per heavy atom. The van der Waals surface area contributed by atoms with Gasteiger partial charge in [-0.2, -0.15) is 0 Å². The molecule has 5 heteroatoms. The van der Waals surface area contributed by atoms with Crippen LogP contribution in [0.1, 0.15) is 18.1 Å². The number of anilines is 1. The highest BCUT2D eigenvalue weighted by molar-refractivity contribution is 7.93. The number of methoxy groups -OCH3 is 1. The molecule has 0 radical (unpaired) electrons. The normalized spacial score (nSPS) is 17.4. The van der Waals surface area contributed by atoms with E-state index in [1.165, 1.54) is 11.4 Å². The molecule has 4 nitrogen and oxygen atoms in total. The zero-order valence-corrected chi connectivity index (χ0v) is 13.7. The fraction of sp³-hybridized carbons (Fsp3) is 0.294. The molecule has 0 spiro atoms. The van der Waals surface area contributed by atoms with E-state index in [-0.39, 0.29) is 10.9 Å². The number of nitrogens with zero attached hydrogens (tertiary/aromatic N) is 1. The number of sulfonamides is 1. The second-order valence-electron chi connectivity index (χ2n) is 5.64. The Balaban J connectivity index is 2.17. The zero-order valence-electron chi connectivity index (χ0n) is 12.9. The van der Waals surface area contributed by atoms with Crippen molar-refractivity contribution in [2.24, 2.45) is 0 Å². The highest BCUT2D eigenvalue weighted by Crippen LogP contribution is 2.38. The van der Waals surface area contributed by atoms with Gasteiger partial charge in [-0.25, -0.2) is 8.42 Å². The van der Waals surface area contributed by atoms with E-state index in [0.29, 0.717) is 5.75 Å². The van der Waals surface area contributed by atoms with Crippen LogP contribution in [0.25, 0.3) is 0 Å². The molecule has 1 aliphatic rings. The molecule has 2 aromatic rings. The summed E-state index contributed by atoms with van der Waals surface area (Å²) in [4.78, 5) is 0.221. The fourth-order valence-electron chi connectivity index (χ4n) is 2.99. The Morgan fingerprint density at radius 3 is 2.64 bits per heavy atom. The van der Waals surface area contributed by atoms with E-state index in [2.05, 4.69) is 0 Å². The lowest BCUT2D eigenvalue weighted by Crippen LogP contribution is -2.36. The third kappa shape index (κ3) is 2.25. The summed E-state index contributed by atoms with van der Waals surface area (Å²) in [6.45, 7) is 3.81. The van der Waals surface area contributed by atoms with Gasteiger partial charge in [-0.3, -0.25) is 4.31 Å². The van der Waals surface area contributed by atoms with Crippen LogP contribution in [0.4, 0.5) is 5.69 Å². The molecular weight excluding hydrogens is 298 g/mol. The Kier molecular flexibility index (Phi) is 3.60. The number of para-hydroxylation sites is 1. The molecule has 0 saturated heterocycles. The molecular formula is C17H19NO3S. The molecule has 3 rings (SSSR count). The number of aryl methyl sites for hydroxylation is 1. The number of fused-ring (bicyclic) bond motifs is 1. The SMILES string of the molecule is COc1ccc(C)cc1S(=O)(=O)N1c2ccccc2C[C@@H]1C. The maximum atomic E-state index is 13.2. The first-order valence-electron chi connectivity index (χ1n) is 7.22. The maximum absolute atomic E-state index is 13.2. The summed E-state index contributed by atoms with van der Waals surface area (Å²) in [5, 5.41) is 0. The van der Waals surface area contributed by atoms with Crippen molar-refractivity contribution in [3.8, 4) is 5.75 Å². The van der Waals surface area contributed by atoms with Crippen LogP contribution in [-0.2, 0) is 16.4 Å². The van der Waals surface area contributed by atoms with Crippen LogP contribution in [0.15, 0.2) is 47.4 Å². The molecule has 0 aromatic heterocycles. The molecule has 0 N–H and O–H groups in total. The second-order valence-corrected chi connectivity index (χ2v) is 7.42. The van der Waals surface area contributed by atoms with Crippen molar-refractivity contribution in [2.75, 3.05) is 11.4 Å². The van der Waals surface area contributed by atoms with E-state index >= 15 is 0 Å². The molecule has 1 heterocycles. The van der Waals surface area contributed by atoms with Crippen LogP contribution in [0.2, 0.25) is 0 Å². The number of hydrogen-bond acceptors (Lipinski definition) is 3. The van der Waals surface area contributed by atoms with Gasteiger partial charge in [0, 0.05) is 6.04 Å². The van der Waals surface area contributed by atoms with Gasteiger partial charge >= 0.3 is 0 Å². The van der Waals surface area contributed by atoms with E-state index in [1.807, 2.05) is 44.2 Å². The number of benzene rings is 2. The van der Waals surface area contributed by atoms with Crippen molar-refractivity contribution in [2.45, 2.75) is 31.2 Å². The third-order valence-electron chi connectivity index (χ3n) is 4.00. The largest absolute Gasteiger partial charge is 0.495 e. The summed E-state index contributed by atoms with van der Waals surface area (Å²) in [5.74, 6) is 0.377. The lowest BCUT2D eigenvalue weighted by Gasteiger charge is -2.25. The molecule has 0 amide bonds. The Hall–Kier alpha value is -2.01. The highest BCUT2D eigenvalue weighted by atomic mass is 32.2. The van der Waals surface area contributed by atoms with Gasteiger partial charge in [-0.1, -0.05) is 24.3 Å². The Labute approximate surface area is 131 Å². The monoisotopic (exact) mass is 317 g/mol. The molecule has 0 aliphatic carbocycles. The van der Waals surface area contributed by atoms with Gasteiger partial charge in [-0.05, 0) is 49.6 Å². The minimum absolute atomic E-state index is 0.104. The number of hydrogen-bond donors (Lipinski definition) is 0. The molecule has 0 saturated carbocycles. The van der Waals surface area contributed by atoms with Crippen molar-refractivity contribution in [3.63, 3.8) is 0 Å². The lowest BCUT2D eigenvalue weighted by atomic mass is 10.1. The van der Waals surface area contributed by atoms with Gasteiger partial charge in [0.1, 0.15) is 10.6 Å². The van der Waals surface area contributed by atoms with E-state index < -0.39 is 10.0 Å². The Morgan fingerprint density at radius 1 is 1.18 bits per heavy atom. The molecule has 1 atom stereocenters. The molecule has 1 aliphatic heterocycles. The Bertz CT molecular complexity index is 814. The summed E-state index contributed by atoms with van der Waals surface area (Å²) >= 11 is 0. The van der Waals surface area contributed by atoms with Crippen LogP contribution in [-0.4, -0.2) is 21.6 Å². The standard InChI is InChI=1S/C17H19NO3S/c1-12-8-9-16(21-3)17(10-12)22(19,20)18-13(2)11-14-6-4-5-7-15(14)18/h4-10,13H,11H2,1-3H3/t13-/m0/s1. The van der Waals surface area contributed by atoms with Gasteiger partial charge < -0.3 is 4.74 Å². The average molecular weight is 317 g/mol. The van der Waals surface area contributed by atoms with Gasteiger partial charge in [-0.15, -0.1) is 0 Å². The van der Waals surface area contributed by atoms with E-state index in [9.17, 15) is 8.42 Å². The summed E-state index contributed by atoms with van der Waals surface area (Å²) in [6.07, 6.45) is 0.726. The molecule has 0 fully saturated rings.